The molecular formula is C18H15Br. The van der Waals surface area contributed by atoms with Crippen molar-refractivity contribution in [3.8, 4) is 11.1 Å². The summed E-state index contributed by atoms with van der Waals surface area (Å²) < 4.78 is 0. The van der Waals surface area contributed by atoms with Crippen LogP contribution in [-0.2, 0) is 5.33 Å². The van der Waals surface area contributed by atoms with Crippen molar-refractivity contribution >= 4 is 26.7 Å². The van der Waals surface area contributed by atoms with Gasteiger partial charge in [-0.1, -0.05) is 76.1 Å². The molecule has 0 aliphatic heterocycles. The monoisotopic (exact) mass is 310 g/mol. The number of alkyl halides is 1. The van der Waals surface area contributed by atoms with E-state index in [1.54, 1.807) is 0 Å². The first-order chi connectivity index (χ1) is 9.26. The zero-order valence-electron chi connectivity index (χ0n) is 10.9. The van der Waals surface area contributed by atoms with Crippen molar-refractivity contribution in [2.45, 2.75) is 12.3 Å². The molecule has 0 nitrogen and oxygen atoms in total. The average molecular weight is 311 g/mol. The number of halogens is 1. The predicted octanol–water partition coefficient (Wildman–Crippen LogP) is 5.71. The second-order valence-corrected chi connectivity index (χ2v) is 5.46. The van der Waals surface area contributed by atoms with Crippen molar-refractivity contribution in [2.75, 3.05) is 0 Å². The summed E-state index contributed by atoms with van der Waals surface area (Å²) in [5, 5.41) is 3.48. The lowest BCUT2D eigenvalue weighted by atomic mass is 9.98. The Hall–Kier alpha value is -1.60. The number of hydrogen-bond donors (Lipinski definition) is 0. The Balaban J connectivity index is 2.15. The first kappa shape index (κ1) is 12.4. The maximum atomic E-state index is 3.54. The molecule has 0 heterocycles. The molecule has 3 aromatic carbocycles. The Morgan fingerprint density at radius 2 is 1.58 bits per heavy atom. The maximum Gasteiger partial charge on any atom is 0.0283 e. The van der Waals surface area contributed by atoms with E-state index in [4.69, 9.17) is 0 Å². The summed E-state index contributed by atoms with van der Waals surface area (Å²) in [6, 6.07) is 21.9. The van der Waals surface area contributed by atoms with Crippen LogP contribution in [0.2, 0.25) is 0 Å². The molecule has 0 aliphatic rings. The van der Waals surface area contributed by atoms with Gasteiger partial charge in [-0.15, -0.1) is 0 Å². The molecule has 0 bridgehead atoms. The van der Waals surface area contributed by atoms with Gasteiger partial charge >= 0.3 is 0 Å². The van der Waals surface area contributed by atoms with Crippen molar-refractivity contribution < 1.29 is 0 Å². The minimum absolute atomic E-state index is 0.898. The van der Waals surface area contributed by atoms with Gasteiger partial charge in [-0.25, -0.2) is 0 Å². The summed E-state index contributed by atoms with van der Waals surface area (Å²) in [5.41, 5.74) is 5.20. The van der Waals surface area contributed by atoms with Gasteiger partial charge in [0.05, 0.1) is 0 Å². The van der Waals surface area contributed by atoms with Crippen LogP contribution in [0.15, 0.2) is 60.7 Å². The molecule has 94 valence electrons. The van der Waals surface area contributed by atoms with E-state index < -0.39 is 0 Å². The van der Waals surface area contributed by atoms with Gasteiger partial charge in [-0.05, 0) is 40.5 Å². The fourth-order valence-corrected chi connectivity index (χ4v) is 2.80. The number of rotatable bonds is 2. The minimum Gasteiger partial charge on any atom is -0.0876 e. The van der Waals surface area contributed by atoms with E-state index in [1.807, 2.05) is 0 Å². The van der Waals surface area contributed by atoms with Crippen molar-refractivity contribution in [3.63, 3.8) is 0 Å². The lowest BCUT2D eigenvalue weighted by molar-refractivity contribution is 1.37. The molecule has 0 spiro atoms. The molecule has 0 unspecified atom stereocenters. The van der Waals surface area contributed by atoms with Gasteiger partial charge in [0.1, 0.15) is 0 Å². The zero-order valence-corrected chi connectivity index (χ0v) is 12.4. The molecule has 0 radical (unpaired) electrons. The molecule has 0 N–H and O–H groups in total. The van der Waals surface area contributed by atoms with E-state index in [2.05, 4.69) is 83.5 Å². The third-order valence-electron chi connectivity index (χ3n) is 3.37. The quantitative estimate of drug-likeness (QED) is 0.532. The largest absolute Gasteiger partial charge is 0.0876 e. The topological polar surface area (TPSA) is 0 Å². The van der Waals surface area contributed by atoms with Gasteiger partial charge < -0.3 is 0 Å². The molecule has 0 atom stereocenters. The average Bonchev–Trinajstić information content (AvgIpc) is 2.46. The Morgan fingerprint density at radius 3 is 2.37 bits per heavy atom. The number of benzene rings is 3. The van der Waals surface area contributed by atoms with Gasteiger partial charge in [0.25, 0.3) is 0 Å². The SMILES string of the molecule is Cc1cc(CBr)cc(-c2ccc3ccccc3c2)c1. The molecule has 3 aromatic rings. The van der Waals surface area contributed by atoms with Crippen LogP contribution in [0.4, 0.5) is 0 Å². The summed E-state index contributed by atoms with van der Waals surface area (Å²) in [6.45, 7) is 2.15. The minimum atomic E-state index is 0.898. The molecule has 3 rings (SSSR count). The molecule has 0 saturated carbocycles. The van der Waals surface area contributed by atoms with E-state index in [9.17, 15) is 0 Å². The van der Waals surface area contributed by atoms with E-state index in [0.29, 0.717) is 0 Å². The van der Waals surface area contributed by atoms with Crippen LogP contribution >= 0.6 is 15.9 Å². The third kappa shape index (κ3) is 2.57. The molecule has 19 heavy (non-hydrogen) atoms. The van der Waals surface area contributed by atoms with Crippen molar-refractivity contribution in [1.29, 1.82) is 0 Å². The molecule has 0 amide bonds. The van der Waals surface area contributed by atoms with Crippen LogP contribution in [0.1, 0.15) is 11.1 Å². The fraction of sp³-hybridized carbons (Fsp3) is 0.111. The van der Waals surface area contributed by atoms with Crippen LogP contribution < -0.4 is 0 Å². The Labute approximate surface area is 122 Å². The number of aryl methyl sites for hydroxylation is 1. The van der Waals surface area contributed by atoms with Gasteiger partial charge in [0.2, 0.25) is 0 Å². The van der Waals surface area contributed by atoms with Gasteiger partial charge in [-0.3, -0.25) is 0 Å². The lowest BCUT2D eigenvalue weighted by Crippen LogP contribution is -1.85. The van der Waals surface area contributed by atoms with Crippen LogP contribution in [-0.4, -0.2) is 0 Å². The lowest BCUT2D eigenvalue weighted by Gasteiger charge is -2.07. The normalized spacial score (nSPS) is 10.8. The maximum absolute atomic E-state index is 3.54. The highest BCUT2D eigenvalue weighted by Crippen LogP contribution is 2.26. The van der Waals surface area contributed by atoms with E-state index in [0.717, 1.165) is 5.33 Å². The van der Waals surface area contributed by atoms with Crippen LogP contribution in [0.25, 0.3) is 21.9 Å². The van der Waals surface area contributed by atoms with Crippen LogP contribution in [0.3, 0.4) is 0 Å². The van der Waals surface area contributed by atoms with E-state index >= 15 is 0 Å². The first-order valence-corrected chi connectivity index (χ1v) is 7.54. The Kier molecular flexibility index (Phi) is 3.39. The predicted molar refractivity (Wildman–Crippen MR) is 86.8 cm³/mol. The fourth-order valence-electron chi connectivity index (χ4n) is 2.48. The molecule has 0 fully saturated rings. The van der Waals surface area contributed by atoms with Crippen molar-refractivity contribution in [3.05, 3.63) is 71.8 Å². The van der Waals surface area contributed by atoms with Crippen LogP contribution in [0.5, 0.6) is 0 Å². The molecule has 0 saturated heterocycles. The second-order valence-electron chi connectivity index (χ2n) is 4.90. The summed E-state index contributed by atoms with van der Waals surface area (Å²) in [4.78, 5) is 0. The van der Waals surface area contributed by atoms with Crippen LogP contribution in [0, 0.1) is 6.92 Å². The summed E-state index contributed by atoms with van der Waals surface area (Å²) >= 11 is 3.54. The Bertz CT molecular complexity index is 729. The summed E-state index contributed by atoms with van der Waals surface area (Å²) in [7, 11) is 0. The van der Waals surface area contributed by atoms with Crippen molar-refractivity contribution in [1.82, 2.24) is 0 Å². The molecule has 0 aromatic heterocycles. The summed E-state index contributed by atoms with van der Waals surface area (Å²) in [5.74, 6) is 0. The van der Waals surface area contributed by atoms with E-state index in [1.165, 1.54) is 33.0 Å². The van der Waals surface area contributed by atoms with Crippen molar-refractivity contribution in [2.24, 2.45) is 0 Å². The number of fused-ring (bicyclic) bond motifs is 1. The van der Waals surface area contributed by atoms with E-state index in [-0.39, 0.29) is 0 Å². The second kappa shape index (κ2) is 5.18. The molecular weight excluding hydrogens is 296 g/mol. The highest BCUT2D eigenvalue weighted by atomic mass is 79.9. The highest BCUT2D eigenvalue weighted by Gasteiger charge is 2.02. The molecule has 1 heteroatoms. The Morgan fingerprint density at radius 1 is 0.789 bits per heavy atom. The van der Waals surface area contributed by atoms with Gasteiger partial charge in [0, 0.05) is 5.33 Å². The molecule has 0 aliphatic carbocycles. The van der Waals surface area contributed by atoms with Gasteiger partial charge in [0.15, 0.2) is 0 Å². The third-order valence-corrected chi connectivity index (χ3v) is 4.02. The smallest absolute Gasteiger partial charge is 0.0283 e. The first-order valence-electron chi connectivity index (χ1n) is 6.42. The van der Waals surface area contributed by atoms with Gasteiger partial charge in [-0.2, -0.15) is 0 Å². The summed E-state index contributed by atoms with van der Waals surface area (Å²) in [6.07, 6.45) is 0. The zero-order chi connectivity index (χ0) is 13.2. The highest BCUT2D eigenvalue weighted by molar-refractivity contribution is 9.08. The number of hydrogen-bond acceptors (Lipinski definition) is 0. The standard InChI is InChI=1S/C18H15Br/c1-13-8-14(12-19)10-18(9-13)17-7-6-15-4-2-3-5-16(15)11-17/h2-11H,12H2,1H3.